The molecular formula is C36H22Br2N2O2. The van der Waals surface area contributed by atoms with Gasteiger partial charge in [0.15, 0.2) is 23.0 Å². The average molecular weight is 674 g/mol. The number of benzene rings is 6. The van der Waals surface area contributed by atoms with Crippen molar-refractivity contribution in [2.75, 3.05) is 9.80 Å². The summed E-state index contributed by atoms with van der Waals surface area (Å²) in [5.41, 5.74) is 8.22. The van der Waals surface area contributed by atoms with Crippen LogP contribution in [0.4, 0.5) is 34.1 Å². The van der Waals surface area contributed by atoms with Crippen molar-refractivity contribution in [3.63, 3.8) is 0 Å². The summed E-state index contributed by atoms with van der Waals surface area (Å²) in [5, 5.41) is 0. The van der Waals surface area contributed by atoms with Crippen LogP contribution in [-0.4, -0.2) is 0 Å². The summed E-state index contributed by atoms with van der Waals surface area (Å²) in [7, 11) is 0. The lowest BCUT2D eigenvalue weighted by atomic mass is 10.0. The van der Waals surface area contributed by atoms with Crippen LogP contribution in [0.2, 0.25) is 0 Å². The molecule has 2 aliphatic rings. The number of nitrogens with zero attached hydrogens (tertiary/aromatic N) is 2. The highest BCUT2D eigenvalue weighted by molar-refractivity contribution is 9.10. The highest BCUT2D eigenvalue weighted by Crippen LogP contribution is 2.53. The molecule has 0 aromatic heterocycles. The van der Waals surface area contributed by atoms with Gasteiger partial charge in [0.1, 0.15) is 0 Å². The molecule has 0 N–H and O–H groups in total. The fourth-order valence-corrected chi connectivity index (χ4v) is 6.67. The van der Waals surface area contributed by atoms with Gasteiger partial charge in [0.2, 0.25) is 0 Å². The third-order valence-electron chi connectivity index (χ3n) is 7.48. The van der Waals surface area contributed by atoms with E-state index in [-0.39, 0.29) is 0 Å². The predicted octanol–water partition coefficient (Wildman–Crippen LogP) is 12.0. The van der Waals surface area contributed by atoms with Crippen LogP contribution in [0.15, 0.2) is 142 Å². The lowest BCUT2D eigenvalue weighted by Gasteiger charge is -2.33. The maximum atomic E-state index is 6.26. The van der Waals surface area contributed by atoms with Crippen molar-refractivity contribution >= 4 is 66.0 Å². The minimum Gasteiger partial charge on any atom is -0.453 e. The third kappa shape index (κ3) is 4.26. The van der Waals surface area contributed by atoms with Crippen LogP contribution in [0.25, 0.3) is 11.1 Å². The summed E-state index contributed by atoms with van der Waals surface area (Å²) in [6.07, 6.45) is 0. The van der Waals surface area contributed by atoms with Gasteiger partial charge in [0, 0.05) is 20.3 Å². The number of rotatable bonds is 3. The number of ether oxygens (including phenoxy) is 2. The molecule has 0 saturated heterocycles. The smallest absolute Gasteiger partial charge is 0.151 e. The fraction of sp³-hybridized carbons (Fsp3) is 0. The van der Waals surface area contributed by atoms with Gasteiger partial charge in [-0.1, -0.05) is 80.4 Å². The second-order valence-corrected chi connectivity index (χ2v) is 12.0. The van der Waals surface area contributed by atoms with Crippen molar-refractivity contribution in [2.45, 2.75) is 0 Å². The Morgan fingerprint density at radius 3 is 1.02 bits per heavy atom. The van der Waals surface area contributed by atoms with Gasteiger partial charge in [-0.05, 0) is 96.1 Å². The molecule has 0 amide bonds. The minimum atomic E-state index is 0.826. The van der Waals surface area contributed by atoms with E-state index in [0.717, 1.165) is 77.2 Å². The van der Waals surface area contributed by atoms with Crippen molar-refractivity contribution in [1.82, 2.24) is 0 Å². The van der Waals surface area contributed by atoms with Crippen molar-refractivity contribution in [2.24, 2.45) is 0 Å². The zero-order valence-electron chi connectivity index (χ0n) is 22.2. The zero-order valence-corrected chi connectivity index (χ0v) is 25.3. The molecule has 2 aliphatic heterocycles. The number of para-hydroxylation sites is 8. The summed E-state index contributed by atoms with van der Waals surface area (Å²) < 4.78 is 14.5. The van der Waals surface area contributed by atoms with Gasteiger partial charge >= 0.3 is 0 Å². The molecule has 0 unspecified atom stereocenters. The molecule has 6 aromatic rings. The normalized spacial score (nSPS) is 12.8. The Bertz CT molecular complexity index is 1770. The molecule has 0 spiro atoms. The van der Waals surface area contributed by atoms with E-state index in [1.165, 1.54) is 0 Å². The van der Waals surface area contributed by atoms with E-state index in [1.807, 2.05) is 72.8 Å². The van der Waals surface area contributed by atoms with Crippen LogP contribution in [0.3, 0.4) is 0 Å². The van der Waals surface area contributed by atoms with Crippen LogP contribution < -0.4 is 19.3 Å². The Morgan fingerprint density at radius 2 is 0.690 bits per heavy atom. The molecule has 0 atom stereocenters. The monoisotopic (exact) mass is 672 g/mol. The SMILES string of the molecule is Brc1cc(-c2cc(Br)cc(N3c4ccccc4Oc4ccccc43)c2)cc(N2c3ccccc3Oc3ccccc32)c1. The van der Waals surface area contributed by atoms with Crippen molar-refractivity contribution in [3.8, 4) is 34.1 Å². The van der Waals surface area contributed by atoms with Crippen molar-refractivity contribution < 1.29 is 9.47 Å². The molecule has 0 aliphatic carbocycles. The van der Waals surface area contributed by atoms with E-state index in [4.69, 9.17) is 9.47 Å². The van der Waals surface area contributed by atoms with Crippen LogP contribution in [-0.2, 0) is 0 Å². The van der Waals surface area contributed by atoms with Gasteiger partial charge in [0.05, 0.1) is 22.7 Å². The molecule has 0 radical (unpaired) electrons. The van der Waals surface area contributed by atoms with E-state index < -0.39 is 0 Å². The second kappa shape index (κ2) is 10.1. The van der Waals surface area contributed by atoms with Gasteiger partial charge in [-0.25, -0.2) is 0 Å². The Balaban J connectivity index is 1.28. The standard InChI is InChI=1S/C36H22Br2N2O2/c37-25-17-23(19-27(21-25)39-29-9-1-5-13-33(29)41-34-14-6-2-10-30(34)39)24-18-26(38)22-28(20-24)40-31-11-3-7-15-35(31)42-36-16-8-4-12-32(36)40/h1-22H. The summed E-state index contributed by atoms with van der Waals surface area (Å²) in [4.78, 5) is 4.52. The molecule has 2 heterocycles. The lowest BCUT2D eigenvalue weighted by Crippen LogP contribution is -2.16. The van der Waals surface area contributed by atoms with Gasteiger partial charge in [-0.2, -0.15) is 0 Å². The van der Waals surface area contributed by atoms with Crippen LogP contribution in [0, 0.1) is 0 Å². The summed E-state index contributed by atoms with van der Waals surface area (Å²) in [6.45, 7) is 0. The van der Waals surface area contributed by atoms with E-state index in [0.29, 0.717) is 0 Å². The Hall–Kier alpha value is -4.52. The first-order valence-electron chi connectivity index (χ1n) is 13.6. The number of anilines is 6. The summed E-state index contributed by atoms with van der Waals surface area (Å²) in [6, 6.07) is 45.7. The van der Waals surface area contributed by atoms with Crippen LogP contribution in [0.1, 0.15) is 0 Å². The third-order valence-corrected chi connectivity index (χ3v) is 8.39. The summed E-state index contributed by atoms with van der Waals surface area (Å²) >= 11 is 7.63. The highest BCUT2D eigenvalue weighted by atomic mass is 79.9. The molecular weight excluding hydrogens is 652 g/mol. The average Bonchev–Trinajstić information content (AvgIpc) is 3.01. The lowest BCUT2D eigenvalue weighted by molar-refractivity contribution is 0.476. The minimum absolute atomic E-state index is 0.826. The molecule has 8 rings (SSSR count). The first kappa shape index (κ1) is 25.2. The predicted molar refractivity (Wildman–Crippen MR) is 177 cm³/mol. The second-order valence-electron chi connectivity index (χ2n) is 10.1. The quantitative estimate of drug-likeness (QED) is 0.186. The number of hydrogen-bond donors (Lipinski definition) is 0. The maximum Gasteiger partial charge on any atom is 0.151 e. The van der Waals surface area contributed by atoms with Crippen LogP contribution >= 0.6 is 31.9 Å². The largest absolute Gasteiger partial charge is 0.453 e. The van der Waals surface area contributed by atoms with E-state index in [1.54, 1.807) is 0 Å². The number of fused-ring (bicyclic) bond motifs is 4. The maximum absolute atomic E-state index is 6.26. The molecule has 4 nitrogen and oxygen atoms in total. The number of hydrogen-bond acceptors (Lipinski definition) is 4. The van der Waals surface area contributed by atoms with Gasteiger partial charge < -0.3 is 19.3 Å². The summed E-state index contributed by atoms with van der Waals surface area (Å²) in [5.74, 6) is 3.30. The molecule has 6 aromatic carbocycles. The zero-order chi connectivity index (χ0) is 28.2. The fourth-order valence-electron chi connectivity index (χ4n) is 5.71. The van der Waals surface area contributed by atoms with Gasteiger partial charge in [-0.15, -0.1) is 0 Å². The first-order chi connectivity index (χ1) is 20.6. The van der Waals surface area contributed by atoms with Crippen LogP contribution in [0.5, 0.6) is 23.0 Å². The van der Waals surface area contributed by atoms with E-state index >= 15 is 0 Å². The molecule has 0 saturated carbocycles. The Kier molecular flexibility index (Phi) is 6.05. The van der Waals surface area contributed by atoms with E-state index in [2.05, 4.69) is 102 Å². The van der Waals surface area contributed by atoms with Gasteiger partial charge in [-0.3, -0.25) is 0 Å². The molecule has 42 heavy (non-hydrogen) atoms. The Labute approximate surface area is 260 Å². The van der Waals surface area contributed by atoms with E-state index in [9.17, 15) is 0 Å². The highest BCUT2D eigenvalue weighted by Gasteiger charge is 2.27. The Morgan fingerprint density at radius 1 is 0.381 bits per heavy atom. The number of halogens is 2. The van der Waals surface area contributed by atoms with Crippen molar-refractivity contribution in [1.29, 1.82) is 0 Å². The molecule has 6 heteroatoms. The first-order valence-corrected chi connectivity index (χ1v) is 15.1. The molecule has 202 valence electrons. The topological polar surface area (TPSA) is 24.9 Å². The van der Waals surface area contributed by atoms with Gasteiger partial charge in [0.25, 0.3) is 0 Å². The van der Waals surface area contributed by atoms with Crippen molar-refractivity contribution in [3.05, 3.63) is 142 Å². The molecule has 0 fully saturated rings. The molecule has 0 bridgehead atoms.